The first-order chi connectivity index (χ1) is 18.6. The first kappa shape index (κ1) is 28.7. The molecule has 3 aromatic rings. The monoisotopic (exact) mass is 531 g/mol. The zero-order chi connectivity index (χ0) is 27.9. The summed E-state index contributed by atoms with van der Waals surface area (Å²) >= 11 is 0. The van der Waals surface area contributed by atoms with Gasteiger partial charge in [-0.2, -0.15) is 15.0 Å². The Balaban J connectivity index is 1.40. The Morgan fingerprint density at radius 1 is 0.769 bits per heavy atom. The van der Waals surface area contributed by atoms with Gasteiger partial charge in [-0.25, -0.2) is 0 Å². The Bertz CT molecular complexity index is 1070. The van der Waals surface area contributed by atoms with Crippen LogP contribution >= 0.6 is 0 Å². The van der Waals surface area contributed by atoms with Gasteiger partial charge in [0.25, 0.3) is 0 Å². The van der Waals surface area contributed by atoms with Gasteiger partial charge >= 0.3 is 0 Å². The average Bonchev–Trinajstić information content (AvgIpc) is 2.92. The second kappa shape index (κ2) is 12.7. The van der Waals surface area contributed by atoms with Crippen molar-refractivity contribution < 1.29 is 0 Å². The molecule has 0 spiro atoms. The second-order valence-electron chi connectivity index (χ2n) is 12.0. The number of nitrogens with two attached hydrogens (primary N) is 2. The Morgan fingerprint density at radius 3 is 1.67 bits per heavy atom. The Hall–Kier alpha value is -3.27. The van der Waals surface area contributed by atoms with E-state index in [2.05, 4.69) is 86.5 Å². The van der Waals surface area contributed by atoms with Crippen LogP contribution in [0, 0.1) is 0 Å². The second-order valence-corrected chi connectivity index (χ2v) is 12.0. The number of nitrogens with one attached hydrogen (secondary N) is 3. The molecule has 39 heavy (non-hydrogen) atoms. The van der Waals surface area contributed by atoms with Crippen LogP contribution in [0.5, 0.6) is 0 Å². The topological polar surface area (TPSA) is 130 Å². The Morgan fingerprint density at radius 2 is 1.23 bits per heavy atom. The molecular formula is C30H45N9. The highest BCUT2D eigenvalue weighted by Gasteiger charge is 2.24. The fraction of sp³-hybridized carbons (Fsp3) is 0.500. The highest BCUT2D eigenvalue weighted by atomic mass is 15.3. The lowest BCUT2D eigenvalue weighted by atomic mass is 9.90. The summed E-state index contributed by atoms with van der Waals surface area (Å²) in [5, 5.41) is 10.4. The molecule has 1 fully saturated rings. The molecular weight excluding hydrogens is 486 g/mol. The summed E-state index contributed by atoms with van der Waals surface area (Å²) in [5.74, 6) is 2.02. The molecule has 4 rings (SSSR count). The molecule has 9 heteroatoms. The van der Waals surface area contributed by atoms with E-state index >= 15 is 0 Å². The lowest BCUT2D eigenvalue weighted by molar-refractivity contribution is 0.407. The van der Waals surface area contributed by atoms with Crippen molar-refractivity contribution >= 4 is 17.8 Å². The fourth-order valence-corrected chi connectivity index (χ4v) is 4.64. The van der Waals surface area contributed by atoms with Gasteiger partial charge in [0.2, 0.25) is 17.8 Å². The molecule has 0 amide bonds. The molecule has 0 bridgehead atoms. The van der Waals surface area contributed by atoms with Gasteiger partial charge in [0.05, 0.1) is 0 Å². The molecule has 1 saturated heterocycles. The van der Waals surface area contributed by atoms with E-state index in [1.165, 1.54) is 11.1 Å². The predicted molar refractivity (Wildman–Crippen MR) is 161 cm³/mol. The van der Waals surface area contributed by atoms with Gasteiger partial charge in [-0.3, -0.25) is 0 Å². The van der Waals surface area contributed by atoms with Gasteiger partial charge in [0.15, 0.2) is 0 Å². The van der Waals surface area contributed by atoms with Gasteiger partial charge in [0.1, 0.15) is 0 Å². The van der Waals surface area contributed by atoms with Crippen LogP contribution in [-0.4, -0.2) is 64.8 Å². The summed E-state index contributed by atoms with van der Waals surface area (Å²) in [6, 6.07) is 21.9. The summed E-state index contributed by atoms with van der Waals surface area (Å²) in [4.78, 5) is 16.3. The lowest BCUT2D eigenvalue weighted by Gasteiger charge is -2.33. The SMILES string of the molecule is CC(C)(N)CNc1nc(NCC(C)(C)N)nc(N2CCC(NCC(c3ccccc3)c3ccccc3)CC2)n1. The standard InChI is InChI=1S/C30H45N9/c1-29(2,31)20-34-26-36-27(35-21-30(3,4)32)38-28(37-26)39-17-15-24(16-18-39)33-19-25(22-11-7-5-8-12-22)23-13-9-6-10-14-23/h5-14,24-25,33H,15-21,31-32H2,1-4H3,(H2,34,35,36,37,38). The van der Waals surface area contributed by atoms with Gasteiger partial charge in [-0.15, -0.1) is 0 Å². The van der Waals surface area contributed by atoms with Gasteiger partial charge in [0, 0.05) is 55.8 Å². The van der Waals surface area contributed by atoms with Crippen LogP contribution in [-0.2, 0) is 0 Å². The molecule has 0 aliphatic carbocycles. The average molecular weight is 532 g/mol. The minimum atomic E-state index is -0.388. The van der Waals surface area contributed by atoms with Crippen LogP contribution in [0.1, 0.15) is 57.6 Å². The number of hydrogen-bond acceptors (Lipinski definition) is 9. The minimum absolute atomic E-state index is 0.315. The smallest absolute Gasteiger partial charge is 0.231 e. The number of piperidine rings is 1. The molecule has 210 valence electrons. The number of nitrogens with zero attached hydrogens (tertiary/aromatic N) is 4. The summed E-state index contributed by atoms with van der Waals surface area (Å²) in [5.41, 5.74) is 14.2. The molecule has 1 aromatic heterocycles. The van der Waals surface area contributed by atoms with E-state index in [-0.39, 0.29) is 11.1 Å². The number of rotatable bonds is 12. The van der Waals surface area contributed by atoms with Crippen molar-refractivity contribution in [1.29, 1.82) is 0 Å². The van der Waals surface area contributed by atoms with E-state index in [0.29, 0.717) is 42.9 Å². The third-order valence-electron chi connectivity index (χ3n) is 6.82. The van der Waals surface area contributed by atoms with Crippen molar-refractivity contribution in [3.63, 3.8) is 0 Å². The van der Waals surface area contributed by atoms with Crippen LogP contribution in [0.25, 0.3) is 0 Å². The third kappa shape index (κ3) is 9.16. The summed E-state index contributed by atoms with van der Waals surface area (Å²) in [6.07, 6.45) is 2.03. The van der Waals surface area contributed by atoms with Crippen LogP contribution in [0.2, 0.25) is 0 Å². The van der Waals surface area contributed by atoms with Crippen molar-refractivity contribution in [2.24, 2.45) is 11.5 Å². The molecule has 0 unspecified atom stereocenters. The summed E-state index contributed by atoms with van der Waals surface area (Å²) < 4.78 is 0. The molecule has 9 nitrogen and oxygen atoms in total. The summed E-state index contributed by atoms with van der Waals surface area (Å²) in [7, 11) is 0. The molecule has 1 aliphatic rings. The number of hydrogen-bond donors (Lipinski definition) is 5. The first-order valence-corrected chi connectivity index (χ1v) is 14.0. The summed E-state index contributed by atoms with van der Waals surface area (Å²) in [6.45, 7) is 11.6. The van der Waals surface area contributed by atoms with Gasteiger partial charge in [-0.05, 0) is 51.7 Å². The Kier molecular flexibility index (Phi) is 9.37. The van der Waals surface area contributed by atoms with Crippen LogP contribution in [0.15, 0.2) is 60.7 Å². The first-order valence-electron chi connectivity index (χ1n) is 14.0. The predicted octanol–water partition coefficient (Wildman–Crippen LogP) is 3.56. The molecule has 1 aliphatic heterocycles. The third-order valence-corrected chi connectivity index (χ3v) is 6.82. The fourth-order valence-electron chi connectivity index (χ4n) is 4.64. The maximum absolute atomic E-state index is 6.17. The van der Waals surface area contributed by atoms with Crippen LogP contribution in [0.4, 0.5) is 17.8 Å². The molecule has 2 heterocycles. The maximum Gasteiger partial charge on any atom is 0.231 e. The van der Waals surface area contributed by atoms with Crippen molar-refractivity contribution in [2.45, 2.75) is 63.6 Å². The zero-order valence-corrected chi connectivity index (χ0v) is 23.8. The maximum atomic E-state index is 6.17. The number of benzene rings is 2. The van der Waals surface area contributed by atoms with Crippen LogP contribution in [0.3, 0.4) is 0 Å². The van der Waals surface area contributed by atoms with Crippen molar-refractivity contribution in [3.8, 4) is 0 Å². The van der Waals surface area contributed by atoms with Crippen molar-refractivity contribution in [3.05, 3.63) is 71.8 Å². The van der Waals surface area contributed by atoms with Crippen LogP contribution < -0.4 is 32.3 Å². The highest BCUT2D eigenvalue weighted by Crippen LogP contribution is 2.25. The number of aromatic nitrogens is 3. The normalized spacial score (nSPS) is 15.0. The zero-order valence-electron chi connectivity index (χ0n) is 23.8. The van der Waals surface area contributed by atoms with Gasteiger partial charge in [-0.1, -0.05) is 60.7 Å². The largest absolute Gasteiger partial charge is 0.352 e. The van der Waals surface area contributed by atoms with E-state index in [1.807, 2.05) is 27.7 Å². The number of anilines is 3. The molecule has 2 aromatic carbocycles. The molecule has 0 saturated carbocycles. The molecule has 0 radical (unpaired) electrons. The molecule has 0 atom stereocenters. The minimum Gasteiger partial charge on any atom is -0.352 e. The van der Waals surface area contributed by atoms with E-state index in [0.717, 1.165) is 32.5 Å². The Labute approximate surface area is 233 Å². The van der Waals surface area contributed by atoms with E-state index < -0.39 is 0 Å². The quantitative estimate of drug-likeness (QED) is 0.238. The van der Waals surface area contributed by atoms with Crippen molar-refractivity contribution in [1.82, 2.24) is 20.3 Å². The lowest BCUT2D eigenvalue weighted by Crippen LogP contribution is -2.44. The highest BCUT2D eigenvalue weighted by molar-refractivity contribution is 5.44. The molecule has 7 N–H and O–H groups in total. The van der Waals surface area contributed by atoms with E-state index in [9.17, 15) is 0 Å². The van der Waals surface area contributed by atoms with E-state index in [1.54, 1.807) is 0 Å². The van der Waals surface area contributed by atoms with Gasteiger partial charge < -0.3 is 32.3 Å². The van der Waals surface area contributed by atoms with E-state index in [4.69, 9.17) is 21.4 Å². The van der Waals surface area contributed by atoms with Crippen molar-refractivity contribution in [2.75, 3.05) is 48.3 Å².